The van der Waals surface area contributed by atoms with Crippen LogP contribution in [0.25, 0.3) is 6.08 Å². The molecule has 0 spiro atoms. The van der Waals surface area contributed by atoms with Crippen molar-refractivity contribution < 1.29 is 9.59 Å². The number of hydrazine groups is 1. The third kappa shape index (κ3) is 3.17. The minimum Gasteiger partial charge on any atom is -0.267 e. The minimum absolute atomic E-state index is 0.0807. The molecule has 1 saturated heterocycles. The van der Waals surface area contributed by atoms with E-state index in [0.717, 1.165) is 5.56 Å². The number of carbonyl (C=O) groups excluding carboxylic acids is 2. The second kappa shape index (κ2) is 6.50. The van der Waals surface area contributed by atoms with Crippen molar-refractivity contribution in [3.05, 3.63) is 82.9 Å². The molecule has 2 aromatic rings. The largest absolute Gasteiger partial charge is 0.282 e. The van der Waals surface area contributed by atoms with Crippen molar-refractivity contribution in [1.82, 2.24) is 5.43 Å². The summed E-state index contributed by atoms with van der Waals surface area (Å²) in [5.41, 5.74) is 4.06. The molecule has 5 heteroatoms. The molecular weight excluding hydrogens is 312 g/mol. The molecule has 0 radical (unpaired) electrons. The number of hydrogen-bond donors (Lipinski definition) is 1. The molecule has 0 bridgehead atoms. The van der Waals surface area contributed by atoms with E-state index >= 15 is 0 Å². The molecule has 2 aromatic carbocycles. The van der Waals surface area contributed by atoms with E-state index in [1.807, 2.05) is 24.3 Å². The van der Waals surface area contributed by atoms with Gasteiger partial charge in [-0.05, 0) is 29.8 Å². The van der Waals surface area contributed by atoms with Gasteiger partial charge in [0.25, 0.3) is 11.8 Å². The van der Waals surface area contributed by atoms with Crippen molar-refractivity contribution in [1.29, 1.82) is 0 Å². The zero-order valence-electron chi connectivity index (χ0n) is 12.1. The maximum Gasteiger partial charge on any atom is 0.282 e. The molecule has 4 nitrogen and oxygen atoms in total. The summed E-state index contributed by atoms with van der Waals surface area (Å²) in [6.45, 7) is 0. The summed E-state index contributed by atoms with van der Waals surface area (Å²) in [7, 11) is 0. The first-order valence-corrected chi connectivity index (χ1v) is 7.38. The van der Waals surface area contributed by atoms with Crippen LogP contribution in [0.15, 0.2) is 72.3 Å². The summed E-state index contributed by atoms with van der Waals surface area (Å²) in [5, 5.41) is 1.84. The molecule has 1 fully saturated rings. The van der Waals surface area contributed by atoms with Crippen molar-refractivity contribution in [3.63, 3.8) is 0 Å². The van der Waals surface area contributed by atoms with Crippen molar-refractivity contribution in [2.75, 3.05) is 5.01 Å². The summed E-state index contributed by atoms with van der Waals surface area (Å²) in [6.07, 6.45) is 4.88. The van der Waals surface area contributed by atoms with Crippen molar-refractivity contribution >= 4 is 35.2 Å². The van der Waals surface area contributed by atoms with Crippen LogP contribution < -0.4 is 10.4 Å². The van der Waals surface area contributed by atoms with E-state index in [4.69, 9.17) is 11.6 Å². The number of para-hydroxylation sites is 1. The monoisotopic (exact) mass is 324 g/mol. The highest BCUT2D eigenvalue weighted by Crippen LogP contribution is 2.20. The number of halogens is 1. The third-order valence-electron chi connectivity index (χ3n) is 3.35. The highest BCUT2D eigenvalue weighted by molar-refractivity contribution is 6.32. The number of nitrogens with zero attached hydrogens (tertiary/aromatic N) is 1. The third-order valence-corrected chi connectivity index (χ3v) is 3.69. The standard InChI is InChI=1S/C18H13ClN2O2/c19-16-12-5-4-7-13(16)8-6-11-15-17(22)20-21(18(15)23)14-9-2-1-3-10-14/h1-12H,(H,20,22)/b8-6+,15-11+. The lowest BCUT2D eigenvalue weighted by Gasteiger charge is -2.13. The lowest BCUT2D eigenvalue weighted by molar-refractivity contribution is -0.117. The van der Waals surface area contributed by atoms with Crippen LogP contribution in [0.4, 0.5) is 5.69 Å². The molecule has 0 atom stereocenters. The minimum atomic E-state index is -0.428. The average Bonchev–Trinajstić information content (AvgIpc) is 2.85. The average molecular weight is 325 g/mol. The fourth-order valence-electron chi connectivity index (χ4n) is 2.19. The van der Waals surface area contributed by atoms with E-state index in [1.54, 1.807) is 42.5 Å². The van der Waals surface area contributed by atoms with E-state index in [0.29, 0.717) is 10.7 Å². The molecule has 0 aliphatic carbocycles. The Balaban J connectivity index is 1.82. The Bertz CT molecular complexity index is 813. The van der Waals surface area contributed by atoms with E-state index in [1.165, 1.54) is 11.1 Å². The van der Waals surface area contributed by atoms with E-state index in [9.17, 15) is 9.59 Å². The van der Waals surface area contributed by atoms with Crippen molar-refractivity contribution in [2.45, 2.75) is 0 Å². The lowest BCUT2D eigenvalue weighted by atomic mass is 10.2. The fraction of sp³-hybridized carbons (Fsp3) is 0. The summed E-state index contributed by atoms with van der Waals surface area (Å²) in [5.74, 6) is -0.812. The van der Waals surface area contributed by atoms with Gasteiger partial charge in [0.05, 0.1) is 5.69 Å². The number of carbonyl (C=O) groups is 2. The van der Waals surface area contributed by atoms with Gasteiger partial charge in [0, 0.05) is 5.02 Å². The summed E-state index contributed by atoms with van der Waals surface area (Å²) >= 11 is 6.05. The molecule has 1 aliphatic heterocycles. The Morgan fingerprint density at radius 1 is 0.957 bits per heavy atom. The zero-order valence-corrected chi connectivity index (χ0v) is 12.8. The number of rotatable bonds is 3. The Kier molecular flexibility index (Phi) is 4.26. The van der Waals surface area contributed by atoms with E-state index in [-0.39, 0.29) is 11.5 Å². The first-order chi connectivity index (χ1) is 11.2. The van der Waals surface area contributed by atoms with Crippen LogP contribution in [-0.4, -0.2) is 11.8 Å². The Hall–Kier alpha value is -2.85. The molecule has 0 unspecified atom stereocenters. The molecule has 23 heavy (non-hydrogen) atoms. The van der Waals surface area contributed by atoms with Crippen LogP contribution in [0.2, 0.25) is 5.02 Å². The van der Waals surface area contributed by atoms with Gasteiger partial charge in [0.2, 0.25) is 0 Å². The highest BCUT2D eigenvalue weighted by atomic mass is 35.5. The quantitative estimate of drug-likeness (QED) is 0.695. The van der Waals surface area contributed by atoms with E-state index < -0.39 is 5.91 Å². The first-order valence-electron chi connectivity index (χ1n) is 7.00. The summed E-state index contributed by atoms with van der Waals surface area (Å²) < 4.78 is 0. The maximum atomic E-state index is 12.3. The van der Waals surface area contributed by atoms with Gasteiger partial charge >= 0.3 is 0 Å². The van der Waals surface area contributed by atoms with Gasteiger partial charge in [0.1, 0.15) is 5.57 Å². The predicted octanol–water partition coefficient (Wildman–Crippen LogP) is 3.36. The van der Waals surface area contributed by atoms with Gasteiger partial charge < -0.3 is 0 Å². The number of anilines is 1. The molecule has 1 N–H and O–H groups in total. The molecule has 114 valence electrons. The molecule has 1 heterocycles. The smallest absolute Gasteiger partial charge is 0.267 e. The number of hydrogen-bond acceptors (Lipinski definition) is 2. The van der Waals surface area contributed by atoms with Gasteiger partial charge in [0.15, 0.2) is 0 Å². The lowest BCUT2D eigenvalue weighted by Crippen LogP contribution is -2.35. The van der Waals surface area contributed by atoms with Gasteiger partial charge in [-0.25, -0.2) is 5.01 Å². The Morgan fingerprint density at radius 3 is 2.39 bits per heavy atom. The molecule has 1 aliphatic rings. The molecule has 0 saturated carbocycles. The van der Waals surface area contributed by atoms with Gasteiger partial charge in [-0.15, -0.1) is 0 Å². The highest BCUT2D eigenvalue weighted by Gasteiger charge is 2.33. The van der Waals surface area contributed by atoms with Crippen molar-refractivity contribution in [2.24, 2.45) is 0 Å². The first kappa shape index (κ1) is 15.1. The SMILES string of the molecule is O=C1NN(c2ccccc2)C(=O)/C1=C/C=C/c1ccccc1Cl. The topological polar surface area (TPSA) is 49.4 Å². The van der Waals surface area contributed by atoms with Gasteiger partial charge in [-0.3, -0.25) is 15.0 Å². The van der Waals surface area contributed by atoms with Gasteiger partial charge in [-0.2, -0.15) is 0 Å². The van der Waals surface area contributed by atoms with Crippen molar-refractivity contribution in [3.8, 4) is 0 Å². The van der Waals surface area contributed by atoms with Crippen LogP contribution in [-0.2, 0) is 9.59 Å². The Morgan fingerprint density at radius 2 is 1.65 bits per heavy atom. The number of benzene rings is 2. The molecule has 2 amide bonds. The number of amides is 2. The number of allylic oxidation sites excluding steroid dienone is 2. The number of nitrogens with one attached hydrogen (secondary N) is 1. The maximum absolute atomic E-state index is 12.3. The Labute approximate surface area is 138 Å². The molecular formula is C18H13ClN2O2. The molecule has 0 aromatic heterocycles. The second-order valence-corrected chi connectivity index (χ2v) is 5.29. The van der Waals surface area contributed by atoms with Crippen LogP contribution in [0.1, 0.15) is 5.56 Å². The summed E-state index contributed by atoms with van der Waals surface area (Å²) in [4.78, 5) is 24.3. The van der Waals surface area contributed by atoms with E-state index in [2.05, 4.69) is 5.43 Å². The fourth-order valence-corrected chi connectivity index (χ4v) is 2.39. The predicted molar refractivity (Wildman–Crippen MR) is 90.6 cm³/mol. The van der Waals surface area contributed by atoms with Crippen LogP contribution in [0.3, 0.4) is 0 Å². The van der Waals surface area contributed by atoms with Crippen LogP contribution >= 0.6 is 11.6 Å². The van der Waals surface area contributed by atoms with Gasteiger partial charge in [-0.1, -0.05) is 60.2 Å². The zero-order chi connectivity index (χ0) is 16.2. The molecule has 3 rings (SSSR count). The van der Waals surface area contributed by atoms with Crippen LogP contribution in [0.5, 0.6) is 0 Å². The summed E-state index contributed by atoms with van der Waals surface area (Å²) in [6, 6.07) is 16.3. The normalized spacial score (nSPS) is 16.4. The van der Waals surface area contributed by atoms with Crippen LogP contribution in [0, 0.1) is 0 Å². The second-order valence-electron chi connectivity index (χ2n) is 4.88.